The predicted molar refractivity (Wildman–Crippen MR) is 70.2 cm³/mol. The Kier molecular flexibility index (Phi) is 3.36. The molecule has 1 atom stereocenters. The second-order valence-corrected chi connectivity index (χ2v) is 4.65. The van der Waals surface area contributed by atoms with Crippen LogP contribution in [0.4, 0.5) is 5.69 Å². The zero-order chi connectivity index (χ0) is 12.4. The maximum Gasteiger partial charge on any atom is 0.254 e. The highest BCUT2D eigenvalue weighted by Crippen LogP contribution is 2.30. The topological polar surface area (TPSA) is 32.3 Å². The molecule has 1 aliphatic heterocycles. The number of carbonyl (C=O) groups excluding carboxylic acids is 1. The van der Waals surface area contributed by atoms with E-state index in [2.05, 4.69) is 19.2 Å². The number of nitrogens with zero attached hydrogens (tertiary/aromatic N) is 1. The number of carbonyl (C=O) groups is 1. The van der Waals surface area contributed by atoms with Crippen molar-refractivity contribution in [3.63, 3.8) is 0 Å². The van der Waals surface area contributed by atoms with Gasteiger partial charge in [-0.1, -0.05) is 19.4 Å². The van der Waals surface area contributed by atoms with E-state index < -0.39 is 0 Å². The summed E-state index contributed by atoms with van der Waals surface area (Å²) in [6.07, 6.45) is 2.18. The summed E-state index contributed by atoms with van der Waals surface area (Å²) in [6, 6.07) is 6.22. The fourth-order valence-corrected chi connectivity index (χ4v) is 2.52. The SMILES string of the molecule is CCCC(C)N1Cc2c(NC)cccc2C1=O. The van der Waals surface area contributed by atoms with E-state index in [1.807, 2.05) is 30.1 Å². The molecule has 1 amide bonds. The molecule has 0 saturated heterocycles. The molecule has 1 unspecified atom stereocenters. The highest BCUT2D eigenvalue weighted by molar-refractivity contribution is 6.00. The van der Waals surface area contributed by atoms with Crippen LogP contribution >= 0.6 is 0 Å². The highest BCUT2D eigenvalue weighted by atomic mass is 16.2. The van der Waals surface area contributed by atoms with Gasteiger partial charge < -0.3 is 10.2 Å². The molecule has 0 aliphatic carbocycles. The van der Waals surface area contributed by atoms with E-state index in [-0.39, 0.29) is 5.91 Å². The van der Waals surface area contributed by atoms with Crippen molar-refractivity contribution < 1.29 is 4.79 Å². The van der Waals surface area contributed by atoms with Crippen molar-refractivity contribution >= 4 is 11.6 Å². The number of amides is 1. The quantitative estimate of drug-likeness (QED) is 0.865. The molecule has 1 aliphatic rings. The van der Waals surface area contributed by atoms with Crippen LogP contribution in [-0.4, -0.2) is 23.9 Å². The van der Waals surface area contributed by atoms with Gasteiger partial charge in [-0.3, -0.25) is 4.79 Å². The molecule has 1 N–H and O–H groups in total. The van der Waals surface area contributed by atoms with Crippen molar-refractivity contribution in [3.8, 4) is 0 Å². The van der Waals surface area contributed by atoms with Gasteiger partial charge in [0.25, 0.3) is 5.91 Å². The molecule has 0 radical (unpaired) electrons. The molecule has 2 rings (SSSR count). The second kappa shape index (κ2) is 4.78. The summed E-state index contributed by atoms with van der Waals surface area (Å²) in [5.41, 5.74) is 3.07. The van der Waals surface area contributed by atoms with E-state index in [1.165, 1.54) is 0 Å². The minimum absolute atomic E-state index is 0.179. The van der Waals surface area contributed by atoms with Gasteiger partial charge in [0, 0.05) is 36.4 Å². The monoisotopic (exact) mass is 232 g/mol. The van der Waals surface area contributed by atoms with Crippen molar-refractivity contribution in [1.82, 2.24) is 4.90 Å². The Labute approximate surface area is 103 Å². The summed E-state index contributed by atoms with van der Waals surface area (Å²) in [6.45, 7) is 5.03. The van der Waals surface area contributed by atoms with Gasteiger partial charge in [-0.15, -0.1) is 0 Å². The lowest BCUT2D eigenvalue weighted by Gasteiger charge is -2.23. The molecule has 0 bridgehead atoms. The van der Waals surface area contributed by atoms with E-state index in [1.54, 1.807) is 0 Å². The highest BCUT2D eigenvalue weighted by Gasteiger charge is 2.31. The van der Waals surface area contributed by atoms with E-state index in [0.29, 0.717) is 6.04 Å². The molecule has 92 valence electrons. The fraction of sp³-hybridized carbons (Fsp3) is 0.500. The normalized spacial score (nSPS) is 15.9. The Balaban J connectivity index is 2.29. The first-order valence-corrected chi connectivity index (χ1v) is 6.29. The number of hydrogen-bond donors (Lipinski definition) is 1. The Morgan fingerprint density at radius 1 is 1.47 bits per heavy atom. The number of benzene rings is 1. The fourth-order valence-electron chi connectivity index (χ4n) is 2.52. The summed E-state index contributed by atoms with van der Waals surface area (Å²) < 4.78 is 0. The Bertz CT molecular complexity index is 428. The van der Waals surface area contributed by atoms with Gasteiger partial charge in [0.2, 0.25) is 0 Å². The lowest BCUT2D eigenvalue weighted by molar-refractivity contribution is 0.0709. The zero-order valence-corrected chi connectivity index (χ0v) is 10.8. The summed E-state index contributed by atoms with van der Waals surface area (Å²) in [4.78, 5) is 14.3. The number of fused-ring (bicyclic) bond motifs is 1. The average molecular weight is 232 g/mol. The largest absolute Gasteiger partial charge is 0.388 e. The van der Waals surface area contributed by atoms with Gasteiger partial charge in [-0.2, -0.15) is 0 Å². The Hall–Kier alpha value is -1.51. The molecule has 1 aromatic rings. The van der Waals surface area contributed by atoms with Gasteiger partial charge in [0.1, 0.15) is 0 Å². The van der Waals surface area contributed by atoms with Crippen molar-refractivity contribution in [3.05, 3.63) is 29.3 Å². The van der Waals surface area contributed by atoms with Crippen LogP contribution in [0.2, 0.25) is 0 Å². The number of rotatable bonds is 4. The lowest BCUT2D eigenvalue weighted by atomic mass is 10.1. The molecule has 3 heteroatoms. The standard InChI is InChI=1S/C14H20N2O/c1-4-6-10(2)16-9-12-11(14(16)17)7-5-8-13(12)15-3/h5,7-8,10,15H,4,6,9H2,1-3H3. The number of anilines is 1. The predicted octanol–water partition coefficient (Wildman–Crippen LogP) is 2.87. The summed E-state index contributed by atoms with van der Waals surface area (Å²) in [7, 11) is 1.90. The third kappa shape index (κ3) is 2.02. The first-order valence-electron chi connectivity index (χ1n) is 6.29. The molecule has 1 aromatic carbocycles. The van der Waals surface area contributed by atoms with Crippen LogP contribution in [0.3, 0.4) is 0 Å². The molecule has 3 nitrogen and oxygen atoms in total. The number of nitrogens with one attached hydrogen (secondary N) is 1. The molecule has 0 spiro atoms. The van der Waals surface area contributed by atoms with Gasteiger partial charge in [0.05, 0.1) is 0 Å². The van der Waals surface area contributed by atoms with Crippen molar-refractivity contribution in [2.45, 2.75) is 39.3 Å². The van der Waals surface area contributed by atoms with Crippen LogP contribution in [-0.2, 0) is 6.54 Å². The summed E-state index contributed by atoms with van der Waals surface area (Å²) in [5, 5.41) is 3.16. The Morgan fingerprint density at radius 3 is 2.88 bits per heavy atom. The first-order chi connectivity index (χ1) is 8.19. The lowest BCUT2D eigenvalue weighted by Crippen LogP contribution is -2.33. The molecule has 0 aromatic heterocycles. The second-order valence-electron chi connectivity index (χ2n) is 4.65. The van der Waals surface area contributed by atoms with Gasteiger partial charge >= 0.3 is 0 Å². The van der Waals surface area contributed by atoms with Crippen LogP contribution < -0.4 is 5.32 Å². The van der Waals surface area contributed by atoms with Crippen molar-refractivity contribution in [1.29, 1.82) is 0 Å². The molecule has 0 fully saturated rings. The molecular formula is C14H20N2O. The molecule has 0 saturated carbocycles. The minimum atomic E-state index is 0.179. The molecule has 1 heterocycles. The maximum absolute atomic E-state index is 12.3. The third-order valence-corrected chi connectivity index (χ3v) is 3.50. The van der Waals surface area contributed by atoms with Crippen LogP contribution in [0.5, 0.6) is 0 Å². The molecular weight excluding hydrogens is 212 g/mol. The Morgan fingerprint density at radius 2 is 2.24 bits per heavy atom. The molecule has 17 heavy (non-hydrogen) atoms. The van der Waals surface area contributed by atoms with Gasteiger partial charge in [-0.25, -0.2) is 0 Å². The van der Waals surface area contributed by atoms with Crippen LogP contribution in [0.1, 0.15) is 42.6 Å². The van der Waals surface area contributed by atoms with Crippen LogP contribution in [0, 0.1) is 0 Å². The third-order valence-electron chi connectivity index (χ3n) is 3.50. The zero-order valence-electron chi connectivity index (χ0n) is 10.8. The first kappa shape index (κ1) is 12.0. The average Bonchev–Trinajstić information content (AvgIpc) is 2.67. The summed E-state index contributed by atoms with van der Waals surface area (Å²) in [5.74, 6) is 0.179. The maximum atomic E-state index is 12.3. The van der Waals surface area contributed by atoms with Crippen molar-refractivity contribution in [2.24, 2.45) is 0 Å². The minimum Gasteiger partial charge on any atom is -0.388 e. The van der Waals surface area contributed by atoms with E-state index in [9.17, 15) is 4.79 Å². The van der Waals surface area contributed by atoms with Gasteiger partial charge in [-0.05, 0) is 25.5 Å². The van der Waals surface area contributed by atoms with E-state index in [4.69, 9.17) is 0 Å². The van der Waals surface area contributed by atoms with E-state index in [0.717, 1.165) is 36.2 Å². The number of hydrogen-bond acceptors (Lipinski definition) is 2. The van der Waals surface area contributed by atoms with Gasteiger partial charge in [0.15, 0.2) is 0 Å². The smallest absolute Gasteiger partial charge is 0.254 e. The van der Waals surface area contributed by atoms with Crippen molar-refractivity contribution in [2.75, 3.05) is 12.4 Å². The summed E-state index contributed by atoms with van der Waals surface area (Å²) >= 11 is 0. The van der Waals surface area contributed by atoms with E-state index >= 15 is 0 Å². The van der Waals surface area contributed by atoms with Crippen LogP contribution in [0.25, 0.3) is 0 Å². The van der Waals surface area contributed by atoms with Crippen LogP contribution in [0.15, 0.2) is 18.2 Å².